The number of carbonyl (C=O) groups excluding carboxylic acids is 1. The van der Waals surface area contributed by atoms with Crippen molar-refractivity contribution in [3.8, 4) is 0 Å². The summed E-state index contributed by atoms with van der Waals surface area (Å²) in [4.78, 5) is 24.3. The average Bonchev–Trinajstić information content (AvgIpc) is 2.40. The van der Waals surface area contributed by atoms with Crippen LogP contribution in [0.25, 0.3) is 0 Å². The number of hydrogen-bond acceptors (Lipinski definition) is 5. The number of hydrogen-bond donors (Lipinski definition) is 2. The highest BCUT2D eigenvalue weighted by Crippen LogP contribution is 2.36. The number of para-hydroxylation sites is 1. The van der Waals surface area contributed by atoms with E-state index in [1.54, 1.807) is 37.1 Å². The van der Waals surface area contributed by atoms with Crippen LogP contribution in [0.5, 0.6) is 0 Å². The number of carbonyl (C=O) groups is 1. The van der Waals surface area contributed by atoms with Gasteiger partial charge < -0.3 is 15.5 Å². The predicted molar refractivity (Wildman–Crippen MR) is 72.5 cm³/mol. The SMILES string of the molecule is CNc1cccc(N2CCNC(=O)C2C)c1[N+](=O)[O-]. The van der Waals surface area contributed by atoms with Crippen LogP contribution in [-0.2, 0) is 4.79 Å². The largest absolute Gasteiger partial charge is 0.382 e. The van der Waals surface area contributed by atoms with Crippen LogP contribution in [0.2, 0.25) is 0 Å². The van der Waals surface area contributed by atoms with E-state index in [4.69, 9.17) is 0 Å². The molecule has 1 aliphatic heterocycles. The summed E-state index contributed by atoms with van der Waals surface area (Å²) in [6, 6.07) is 4.65. The molecule has 1 unspecified atom stereocenters. The van der Waals surface area contributed by atoms with Crippen molar-refractivity contribution in [1.29, 1.82) is 0 Å². The molecule has 1 amide bonds. The van der Waals surface area contributed by atoms with Gasteiger partial charge in [-0.1, -0.05) is 6.07 Å². The van der Waals surface area contributed by atoms with Gasteiger partial charge in [0.05, 0.1) is 4.92 Å². The second-order valence-corrected chi connectivity index (χ2v) is 4.34. The van der Waals surface area contributed by atoms with Crippen molar-refractivity contribution in [2.24, 2.45) is 0 Å². The van der Waals surface area contributed by atoms with Crippen LogP contribution >= 0.6 is 0 Å². The molecule has 19 heavy (non-hydrogen) atoms. The maximum absolute atomic E-state index is 11.7. The normalized spacial score (nSPS) is 18.9. The summed E-state index contributed by atoms with van der Waals surface area (Å²) >= 11 is 0. The van der Waals surface area contributed by atoms with Gasteiger partial charge >= 0.3 is 5.69 Å². The summed E-state index contributed by atoms with van der Waals surface area (Å²) in [6.45, 7) is 2.79. The van der Waals surface area contributed by atoms with Crippen LogP contribution in [0.4, 0.5) is 17.1 Å². The van der Waals surface area contributed by atoms with Crippen LogP contribution in [0.15, 0.2) is 18.2 Å². The molecule has 102 valence electrons. The molecule has 1 heterocycles. The number of nitrogens with one attached hydrogen (secondary N) is 2. The van der Waals surface area contributed by atoms with E-state index in [-0.39, 0.29) is 11.6 Å². The molecule has 1 aromatic carbocycles. The lowest BCUT2D eigenvalue weighted by molar-refractivity contribution is -0.383. The molecule has 1 atom stereocenters. The van der Waals surface area contributed by atoms with E-state index in [1.165, 1.54) is 0 Å². The number of rotatable bonds is 3. The number of nitro groups is 1. The summed E-state index contributed by atoms with van der Waals surface area (Å²) in [7, 11) is 1.64. The molecule has 2 N–H and O–H groups in total. The van der Waals surface area contributed by atoms with E-state index in [0.717, 1.165) is 0 Å². The van der Waals surface area contributed by atoms with Crippen molar-refractivity contribution in [2.45, 2.75) is 13.0 Å². The molecule has 1 aliphatic rings. The fraction of sp³-hybridized carbons (Fsp3) is 0.417. The highest BCUT2D eigenvalue weighted by atomic mass is 16.6. The van der Waals surface area contributed by atoms with E-state index < -0.39 is 11.0 Å². The molecule has 7 nitrogen and oxygen atoms in total. The molecule has 1 aromatic rings. The molecule has 1 fully saturated rings. The maximum Gasteiger partial charge on any atom is 0.315 e. The van der Waals surface area contributed by atoms with Crippen LogP contribution < -0.4 is 15.5 Å². The van der Waals surface area contributed by atoms with E-state index in [1.807, 2.05) is 0 Å². The summed E-state index contributed by atoms with van der Waals surface area (Å²) in [5, 5.41) is 16.8. The van der Waals surface area contributed by atoms with Gasteiger partial charge in [-0.3, -0.25) is 14.9 Å². The fourth-order valence-corrected chi connectivity index (χ4v) is 2.27. The monoisotopic (exact) mass is 264 g/mol. The van der Waals surface area contributed by atoms with Crippen LogP contribution in [-0.4, -0.2) is 37.0 Å². The minimum absolute atomic E-state index is 0.00606. The minimum Gasteiger partial charge on any atom is -0.382 e. The maximum atomic E-state index is 11.7. The van der Waals surface area contributed by atoms with Gasteiger partial charge in [-0.25, -0.2) is 0 Å². The Morgan fingerprint density at radius 3 is 2.89 bits per heavy atom. The molecule has 2 rings (SSSR count). The number of amides is 1. The zero-order valence-electron chi connectivity index (χ0n) is 10.8. The Morgan fingerprint density at radius 2 is 2.26 bits per heavy atom. The average molecular weight is 264 g/mol. The first-order valence-corrected chi connectivity index (χ1v) is 6.05. The molecule has 0 radical (unpaired) electrons. The van der Waals surface area contributed by atoms with Gasteiger partial charge in [0.25, 0.3) is 0 Å². The molecule has 0 aromatic heterocycles. The zero-order chi connectivity index (χ0) is 14.0. The molecular weight excluding hydrogens is 248 g/mol. The Hall–Kier alpha value is -2.31. The lowest BCUT2D eigenvalue weighted by Gasteiger charge is -2.34. The van der Waals surface area contributed by atoms with Gasteiger partial charge in [0.1, 0.15) is 17.4 Å². The van der Waals surface area contributed by atoms with Crippen molar-refractivity contribution in [1.82, 2.24) is 5.32 Å². The van der Waals surface area contributed by atoms with Gasteiger partial charge in [-0.2, -0.15) is 0 Å². The number of piperazine rings is 1. The van der Waals surface area contributed by atoms with E-state index in [2.05, 4.69) is 10.6 Å². The predicted octanol–water partition coefficient (Wildman–Crippen LogP) is 0.961. The Balaban J connectivity index is 2.49. The van der Waals surface area contributed by atoms with Crippen molar-refractivity contribution >= 4 is 23.0 Å². The smallest absolute Gasteiger partial charge is 0.315 e. The third kappa shape index (κ3) is 2.31. The fourth-order valence-electron chi connectivity index (χ4n) is 2.27. The highest BCUT2D eigenvalue weighted by molar-refractivity contribution is 5.88. The van der Waals surface area contributed by atoms with Crippen molar-refractivity contribution in [3.05, 3.63) is 28.3 Å². The summed E-state index contributed by atoms with van der Waals surface area (Å²) < 4.78 is 0. The van der Waals surface area contributed by atoms with Crippen molar-refractivity contribution < 1.29 is 9.72 Å². The Kier molecular flexibility index (Phi) is 3.55. The first-order valence-electron chi connectivity index (χ1n) is 6.05. The molecule has 0 spiro atoms. The van der Waals surface area contributed by atoms with Gasteiger partial charge in [-0.15, -0.1) is 0 Å². The first-order chi connectivity index (χ1) is 9.06. The first kappa shape index (κ1) is 13.1. The number of nitrogens with zero attached hydrogens (tertiary/aromatic N) is 2. The molecule has 1 saturated heterocycles. The quantitative estimate of drug-likeness (QED) is 0.627. The van der Waals surface area contributed by atoms with Gasteiger partial charge in [0.2, 0.25) is 5.91 Å². The third-order valence-corrected chi connectivity index (χ3v) is 3.27. The second kappa shape index (κ2) is 5.13. The lowest BCUT2D eigenvalue weighted by Crippen LogP contribution is -2.54. The van der Waals surface area contributed by atoms with Crippen LogP contribution in [0, 0.1) is 10.1 Å². The van der Waals surface area contributed by atoms with Gasteiger partial charge in [0.15, 0.2) is 0 Å². The summed E-state index contributed by atoms with van der Waals surface area (Å²) in [5.74, 6) is -0.115. The summed E-state index contributed by atoms with van der Waals surface area (Å²) in [5.41, 5.74) is 0.923. The van der Waals surface area contributed by atoms with E-state index in [9.17, 15) is 14.9 Å². The van der Waals surface area contributed by atoms with E-state index >= 15 is 0 Å². The van der Waals surface area contributed by atoms with Gasteiger partial charge in [0, 0.05) is 20.1 Å². The topological polar surface area (TPSA) is 87.5 Å². The van der Waals surface area contributed by atoms with Gasteiger partial charge in [-0.05, 0) is 19.1 Å². The Morgan fingerprint density at radius 1 is 1.53 bits per heavy atom. The number of anilines is 2. The lowest BCUT2D eigenvalue weighted by atomic mass is 10.1. The van der Waals surface area contributed by atoms with Crippen molar-refractivity contribution in [2.75, 3.05) is 30.4 Å². The zero-order valence-corrected chi connectivity index (χ0v) is 10.8. The van der Waals surface area contributed by atoms with Crippen molar-refractivity contribution in [3.63, 3.8) is 0 Å². The number of nitro benzene ring substituents is 1. The van der Waals surface area contributed by atoms with E-state index in [0.29, 0.717) is 24.5 Å². The summed E-state index contributed by atoms with van der Waals surface area (Å²) in [6.07, 6.45) is 0. The minimum atomic E-state index is -0.417. The Labute approximate surface area is 110 Å². The molecule has 0 saturated carbocycles. The van der Waals surface area contributed by atoms with Crippen LogP contribution in [0.1, 0.15) is 6.92 Å². The molecule has 0 bridgehead atoms. The molecule has 7 heteroatoms. The second-order valence-electron chi connectivity index (χ2n) is 4.34. The molecular formula is C12H16N4O3. The standard InChI is InChI=1S/C12H16N4O3/c1-8-12(17)14-6-7-15(8)10-5-3-4-9(13-2)11(10)16(18)19/h3-5,8,13H,6-7H2,1-2H3,(H,14,17). The van der Waals surface area contributed by atoms with Crippen LogP contribution in [0.3, 0.4) is 0 Å². The molecule has 0 aliphatic carbocycles. The number of benzene rings is 1. The highest BCUT2D eigenvalue weighted by Gasteiger charge is 2.31. The third-order valence-electron chi connectivity index (χ3n) is 3.27. The Bertz CT molecular complexity index is 518.